The molecule has 13 heteroatoms. The number of rotatable bonds is 5. The molecule has 162 valence electrons. The average Bonchev–Trinajstić information content (AvgIpc) is 2.91. The van der Waals surface area contributed by atoms with E-state index in [4.69, 9.17) is 0 Å². The molecule has 0 spiro atoms. The topological polar surface area (TPSA) is 150 Å². The van der Waals surface area contributed by atoms with Crippen LogP contribution < -0.4 is 5.32 Å². The van der Waals surface area contributed by atoms with Crippen molar-refractivity contribution < 1.29 is 27.7 Å². The van der Waals surface area contributed by atoms with Gasteiger partial charge in [-0.1, -0.05) is 0 Å². The number of nitrogens with one attached hydrogen (secondary N) is 1. The maximum Gasteiger partial charge on any atom is 0.325 e. The first kappa shape index (κ1) is 21.6. The molecule has 12 nitrogen and oxygen atoms in total. The standard InChI is InChI=1S/C17H21N5O7S/c1-17(12-3-5-13(6-4-12)22(26)27)15(24)21(16(25)18-17)11-14(23)19-7-9-20(10-8-19)30(2,28)29/h3-6H,7-11H2,1-2H3,(H,18,25). The Morgan fingerprint density at radius 2 is 1.73 bits per heavy atom. The number of hydrogen-bond acceptors (Lipinski definition) is 7. The number of sulfonamides is 1. The summed E-state index contributed by atoms with van der Waals surface area (Å²) in [4.78, 5) is 50.3. The highest BCUT2D eigenvalue weighted by Crippen LogP contribution is 2.30. The first-order chi connectivity index (χ1) is 13.9. The summed E-state index contributed by atoms with van der Waals surface area (Å²) in [6.07, 6.45) is 1.09. The number of nitrogens with zero attached hydrogens (tertiary/aromatic N) is 4. The highest BCUT2D eigenvalue weighted by atomic mass is 32.2. The van der Waals surface area contributed by atoms with Crippen LogP contribution in [-0.2, 0) is 25.2 Å². The highest BCUT2D eigenvalue weighted by Gasteiger charge is 2.50. The lowest BCUT2D eigenvalue weighted by Crippen LogP contribution is -2.53. The number of non-ortho nitro benzene ring substituents is 1. The van der Waals surface area contributed by atoms with E-state index in [9.17, 15) is 32.9 Å². The Hall–Kier alpha value is -3.06. The molecule has 0 aromatic heterocycles. The number of carbonyl (C=O) groups is 3. The molecule has 2 saturated heterocycles. The molecule has 1 aromatic carbocycles. The predicted molar refractivity (Wildman–Crippen MR) is 104 cm³/mol. The maximum absolute atomic E-state index is 12.9. The zero-order valence-corrected chi connectivity index (χ0v) is 17.2. The summed E-state index contributed by atoms with van der Waals surface area (Å²) in [7, 11) is -3.34. The summed E-state index contributed by atoms with van der Waals surface area (Å²) in [5, 5.41) is 13.4. The van der Waals surface area contributed by atoms with Crippen LogP contribution >= 0.6 is 0 Å². The van der Waals surface area contributed by atoms with Gasteiger partial charge in [0.05, 0.1) is 11.2 Å². The molecule has 3 rings (SSSR count). The lowest BCUT2D eigenvalue weighted by atomic mass is 9.92. The van der Waals surface area contributed by atoms with Gasteiger partial charge in [0.25, 0.3) is 11.6 Å². The summed E-state index contributed by atoms with van der Waals surface area (Å²) in [5.74, 6) is -1.12. The van der Waals surface area contributed by atoms with Crippen LogP contribution in [0.4, 0.5) is 10.5 Å². The van der Waals surface area contributed by atoms with Gasteiger partial charge in [-0.25, -0.2) is 13.2 Å². The zero-order chi connectivity index (χ0) is 22.3. The van der Waals surface area contributed by atoms with Crippen molar-refractivity contribution in [2.24, 2.45) is 0 Å². The lowest BCUT2D eigenvalue weighted by Gasteiger charge is -2.33. The first-order valence-electron chi connectivity index (χ1n) is 9.05. The number of benzene rings is 1. The van der Waals surface area contributed by atoms with Gasteiger partial charge in [0, 0.05) is 38.3 Å². The number of nitro groups is 1. The van der Waals surface area contributed by atoms with Crippen molar-refractivity contribution in [3.63, 3.8) is 0 Å². The number of hydrogen-bond donors (Lipinski definition) is 1. The van der Waals surface area contributed by atoms with Crippen molar-refractivity contribution in [2.75, 3.05) is 39.0 Å². The number of piperazine rings is 1. The van der Waals surface area contributed by atoms with Gasteiger partial charge in [0.15, 0.2) is 0 Å². The quantitative estimate of drug-likeness (QED) is 0.368. The van der Waals surface area contributed by atoms with Gasteiger partial charge >= 0.3 is 6.03 Å². The van der Waals surface area contributed by atoms with Crippen molar-refractivity contribution in [1.29, 1.82) is 0 Å². The Morgan fingerprint density at radius 1 is 1.17 bits per heavy atom. The van der Waals surface area contributed by atoms with Crippen LogP contribution in [0.3, 0.4) is 0 Å². The fourth-order valence-electron chi connectivity index (χ4n) is 3.46. The Labute approximate surface area is 172 Å². The summed E-state index contributed by atoms with van der Waals surface area (Å²) in [5.41, 5.74) is -1.26. The minimum Gasteiger partial charge on any atom is -0.338 e. The smallest absolute Gasteiger partial charge is 0.325 e. The van der Waals surface area contributed by atoms with Crippen LogP contribution in [0.15, 0.2) is 24.3 Å². The van der Waals surface area contributed by atoms with Gasteiger partial charge in [0.1, 0.15) is 12.1 Å². The van der Waals surface area contributed by atoms with E-state index in [0.29, 0.717) is 5.56 Å². The van der Waals surface area contributed by atoms with Crippen molar-refractivity contribution >= 4 is 33.6 Å². The number of amides is 4. The van der Waals surface area contributed by atoms with E-state index in [0.717, 1.165) is 11.2 Å². The second-order valence-electron chi connectivity index (χ2n) is 7.29. The summed E-state index contributed by atoms with van der Waals surface area (Å²) >= 11 is 0. The SMILES string of the molecule is CC1(c2ccc([N+](=O)[O-])cc2)NC(=O)N(CC(=O)N2CCN(S(C)(=O)=O)CC2)C1=O. The van der Waals surface area contributed by atoms with Crippen molar-refractivity contribution in [1.82, 2.24) is 19.4 Å². The predicted octanol–water partition coefficient (Wildman–Crippen LogP) is -0.534. The molecule has 0 aliphatic carbocycles. The normalized spacial score (nSPS) is 22.9. The van der Waals surface area contributed by atoms with Crippen molar-refractivity contribution in [2.45, 2.75) is 12.5 Å². The van der Waals surface area contributed by atoms with Gasteiger partial charge < -0.3 is 10.2 Å². The molecule has 0 saturated carbocycles. The van der Waals surface area contributed by atoms with E-state index in [1.165, 1.54) is 40.4 Å². The summed E-state index contributed by atoms with van der Waals surface area (Å²) in [6.45, 7) is 1.59. The fourth-order valence-corrected chi connectivity index (χ4v) is 4.28. The Kier molecular flexibility index (Phi) is 5.52. The van der Waals surface area contributed by atoms with E-state index in [2.05, 4.69) is 5.32 Å². The number of urea groups is 1. The molecule has 0 radical (unpaired) electrons. The molecule has 1 unspecified atom stereocenters. The van der Waals surface area contributed by atoms with Gasteiger partial charge in [-0.2, -0.15) is 4.31 Å². The van der Waals surface area contributed by atoms with E-state index < -0.39 is 44.9 Å². The second-order valence-corrected chi connectivity index (χ2v) is 9.28. The molecule has 1 N–H and O–H groups in total. The van der Waals surface area contributed by atoms with E-state index >= 15 is 0 Å². The molecule has 0 bridgehead atoms. The number of imide groups is 1. The molecule has 4 amide bonds. The zero-order valence-electron chi connectivity index (χ0n) is 16.4. The van der Waals surface area contributed by atoms with E-state index in [1.54, 1.807) is 0 Å². The largest absolute Gasteiger partial charge is 0.338 e. The minimum atomic E-state index is -3.34. The van der Waals surface area contributed by atoms with Gasteiger partial charge in [-0.05, 0) is 24.6 Å². The maximum atomic E-state index is 12.9. The second kappa shape index (κ2) is 7.65. The third kappa shape index (κ3) is 3.98. The monoisotopic (exact) mass is 439 g/mol. The van der Waals surface area contributed by atoms with Crippen LogP contribution in [0, 0.1) is 10.1 Å². The molecule has 30 heavy (non-hydrogen) atoms. The molecule has 1 atom stereocenters. The minimum absolute atomic E-state index is 0.144. The van der Waals surface area contributed by atoms with Crippen LogP contribution in [-0.4, -0.2) is 84.3 Å². The Morgan fingerprint density at radius 3 is 2.23 bits per heavy atom. The van der Waals surface area contributed by atoms with Gasteiger partial charge in [-0.15, -0.1) is 0 Å². The van der Waals surface area contributed by atoms with Crippen LogP contribution in [0.5, 0.6) is 0 Å². The van der Waals surface area contributed by atoms with E-state index in [-0.39, 0.29) is 31.9 Å². The number of carbonyl (C=O) groups excluding carboxylic acids is 3. The molecule has 2 aliphatic rings. The van der Waals surface area contributed by atoms with Gasteiger partial charge in [0.2, 0.25) is 15.9 Å². The summed E-state index contributed by atoms with van der Waals surface area (Å²) < 4.78 is 24.4. The molecule has 2 fully saturated rings. The third-order valence-corrected chi connectivity index (χ3v) is 6.59. The fraction of sp³-hybridized carbons (Fsp3) is 0.471. The van der Waals surface area contributed by atoms with E-state index in [1.807, 2.05) is 0 Å². The molecule has 1 aromatic rings. The Balaban J connectivity index is 1.69. The average molecular weight is 439 g/mol. The van der Waals surface area contributed by atoms with Crippen molar-refractivity contribution in [3.05, 3.63) is 39.9 Å². The van der Waals surface area contributed by atoms with Crippen molar-refractivity contribution in [3.8, 4) is 0 Å². The molecule has 2 aliphatic heterocycles. The Bertz CT molecular complexity index is 1000. The van der Waals surface area contributed by atoms with Gasteiger partial charge in [-0.3, -0.25) is 24.6 Å². The third-order valence-electron chi connectivity index (χ3n) is 5.28. The first-order valence-corrected chi connectivity index (χ1v) is 10.9. The lowest BCUT2D eigenvalue weighted by molar-refractivity contribution is -0.384. The molecular weight excluding hydrogens is 418 g/mol. The molecule has 2 heterocycles. The van der Waals surface area contributed by atoms with Crippen LogP contribution in [0.2, 0.25) is 0 Å². The summed E-state index contributed by atoms with van der Waals surface area (Å²) in [6, 6.07) is 4.48. The molecular formula is C17H21N5O7S. The van der Waals surface area contributed by atoms with Crippen LogP contribution in [0.25, 0.3) is 0 Å². The van der Waals surface area contributed by atoms with Crippen LogP contribution in [0.1, 0.15) is 12.5 Å². The number of nitro benzene ring substituents is 1. The highest BCUT2D eigenvalue weighted by molar-refractivity contribution is 7.88.